The van der Waals surface area contributed by atoms with E-state index >= 15 is 0 Å². The summed E-state index contributed by atoms with van der Waals surface area (Å²) >= 11 is 0. The van der Waals surface area contributed by atoms with Gasteiger partial charge in [0, 0.05) is 6.54 Å². The van der Waals surface area contributed by atoms with Crippen LogP contribution in [0.2, 0.25) is 0 Å². The first-order valence-corrected chi connectivity index (χ1v) is 7.58. The first kappa shape index (κ1) is 16.7. The standard InChI is InChI=1S/C17H22N4O2/c1-5-19-16(22)14-11(3)20-17(18)21-15(14)12(4)23-13-8-6-10(2)7-9-13/h6-9,12H,5H2,1-4H3,(H,19,22)(H2,18,20,21). The van der Waals surface area contributed by atoms with Gasteiger partial charge in [0.05, 0.1) is 17.0 Å². The molecule has 1 aromatic heterocycles. The summed E-state index contributed by atoms with van der Waals surface area (Å²) in [6.07, 6.45) is -0.431. The number of nitrogens with zero attached hydrogens (tertiary/aromatic N) is 2. The summed E-state index contributed by atoms with van der Waals surface area (Å²) < 4.78 is 5.91. The number of nitrogens with one attached hydrogen (secondary N) is 1. The second kappa shape index (κ2) is 7.09. The minimum Gasteiger partial charge on any atom is -0.484 e. The Bertz CT molecular complexity index is 698. The van der Waals surface area contributed by atoms with Crippen LogP contribution >= 0.6 is 0 Å². The molecule has 3 N–H and O–H groups in total. The van der Waals surface area contributed by atoms with Crippen LogP contribution in [0.4, 0.5) is 5.95 Å². The number of amides is 1. The Morgan fingerprint density at radius 2 is 1.91 bits per heavy atom. The van der Waals surface area contributed by atoms with Crippen molar-refractivity contribution in [3.8, 4) is 5.75 Å². The van der Waals surface area contributed by atoms with E-state index in [0.29, 0.717) is 29.2 Å². The zero-order valence-corrected chi connectivity index (χ0v) is 13.9. The number of aromatic nitrogens is 2. The number of nitrogens with two attached hydrogens (primary N) is 1. The monoisotopic (exact) mass is 314 g/mol. The lowest BCUT2D eigenvalue weighted by Crippen LogP contribution is -2.27. The predicted octanol–water partition coefficient (Wildman–Crippen LogP) is 2.57. The van der Waals surface area contributed by atoms with Gasteiger partial charge in [-0.15, -0.1) is 0 Å². The minimum atomic E-state index is -0.431. The maximum absolute atomic E-state index is 12.3. The van der Waals surface area contributed by atoms with Gasteiger partial charge in [0.25, 0.3) is 5.91 Å². The number of hydrogen-bond acceptors (Lipinski definition) is 5. The molecule has 1 aromatic carbocycles. The van der Waals surface area contributed by atoms with Crippen LogP contribution in [0.15, 0.2) is 24.3 Å². The van der Waals surface area contributed by atoms with E-state index in [2.05, 4.69) is 15.3 Å². The van der Waals surface area contributed by atoms with Crippen LogP contribution in [0.25, 0.3) is 0 Å². The molecule has 1 unspecified atom stereocenters. The van der Waals surface area contributed by atoms with Gasteiger partial charge >= 0.3 is 0 Å². The molecule has 23 heavy (non-hydrogen) atoms. The molecular formula is C17H22N4O2. The van der Waals surface area contributed by atoms with Gasteiger partial charge in [-0.1, -0.05) is 17.7 Å². The molecule has 6 nitrogen and oxygen atoms in total. The van der Waals surface area contributed by atoms with Crippen LogP contribution < -0.4 is 15.8 Å². The number of carbonyl (C=O) groups excluding carboxylic acids is 1. The third-order valence-corrected chi connectivity index (χ3v) is 3.42. The van der Waals surface area contributed by atoms with Gasteiger partial charge in [-0.2, -0.15) is 0 Å². The largest absolute Gasteiger partial charge is 0.484 e. The summed E-state index contributed by atoms with van der Waals surface area (Å²) in [5.74, 6) is 0.615. The Morgan fingerprint density at radius 1 is 1.26 bits per heavy atom. The predicted molar refractivity (Wildman–Crippen MR) is 89.4 cm³/mol. The molecule has 0 spiro atoms. The number of ether oxygens (including phenoxy) is 1. The van der Waals surface area contributed by atoms with Crippen LogP contribution in [0.5, 0.6) is 5.75 Å². The van der Waals surface area contributed by atoms with Gasteiger partial charge in [-0.25, -0.2) is 9.97 Å². The molecule has 0 fully saturated rings. The van der Waals surface area contributed by atoms with Crippen molar-refractivity contribution in [2.24, 2.45) is 0 Å². The van der Waals surface area contributed by atoms with Crippen LogP contribution in [-0.4, -0.2) is 22.4 Å². The van der Waals surface area contributed by atoms with E-state index in [4.69, 9.17) is 10.5 Å². The maximum atomic E-state index is 12.3. The van der Waals surface area contributed by atoms with E-state index in [-0.39, 0.29) is 11.9 Å². The van der Waals surface area contributed by atoms with Gasteiger partial charge in [0.1, 0.15) is 11.9 Å². The first-order valence-electron chi connectivity index (χ1n) is 7.58. The van der Waals surface area contributed by atoms with E-state index in [1.54, 1.807) is 6.92 Å². The summed E-state index contributed by atoms with van der Waals surface area (Å²) in [7, 11) is 0. The van der Waals surface area contributed by atoms with Crippen molar-refractivity contribution in [2.75, 3.05) is 12.3 Å². The van der Waals surface area contributed by atoms with Gasteiger partial charge in [-0.05, 0) is 39.8 Å². The molecule has 0 aliphatic rings. The normalized spacial score (nSPS) is 11.8. The SMILES string of the molecule is CCNC(=O)c1c(C)nc(N)nc1C(C)Oc1ccc(C)cc1. The molecule has 0 aliphatic heterocycles. The van der Waals surface area contributed by atoms with Crippen molar-refractivity contribution in [3.63, 3.8) is 0 Å². The summed E-state index contributed by atoms with van der Waals surface area (Å²) in [5.41, 5.74) is 8.34. The molecule has 2 rings (SSSR count). The summed E-state index contributed by atoms with van der Waals surface area (Å²) in [6.45, 7) is 7.97. The van der Waals surface area contributed by atoms with E-state index in [0.717, 1.165) is 5.56 Å². The van der Waals surface area contributed by atoms with Crippen molar-refractivity contribution < 1.29 is 9.53 Å². The third kappa shape index (κ3) is 3.97. The molecule has 0 saturated carbocycles. The molecule has 2 aromatic rings. The number of anilines is 1. The fourth-order valence-electron chi connectivity index (χ4n) is 2.32. The topological polar surface area (TPSA) is 90.1 Å². The van der Waals surface area contributed by atoms with Gasteiger partial charge in [0.2, 0.25) is 5.95 Å². The van der Waals surface area contributed by atoms with Crippen molar-refractivity contribution in [2.45, 2.75) is 33.8 Å². The Kier molecular flexibility index (Phi) is 5.16. The lowest BCUT2D eigenvalue weighted by Gasteiger charge is -2.18. The lowest BCUT2D eigenvalue weighted by molar-refractivity contribution is 0.0949. The molecule has 1 amide bonds. The molecule has 0 radical (unpaired) electrons. The summed E-state index contributed by atoms with van der Waals surface area (Å²) in [4.78, 5) is 20.6. The third-order valence-electron chi connectivity index (χ3n) is 3.42. The van der Waals surface area contributed by atoms with Crippen molar-refractivity contribution in [1.29, 1.82) is 0 Å². The van der Waals surface area contributed by atoms with Gasteiger partial charge in [0.15, 0.2) is 0 Å². The highest BCUT2D eigenvalue weighted by Gasteiger charge is 2.23. The second-order valence-electron chi connectivity index (χ2n) is 5.36. The molecule has 1 heterocycles. The van der Waals surface area contributed by atoms with Crippen LogP contribution in [0.1, 0.15) is 47.3 Å². The Balaban J connectivity index is 2.36. The molecule has 1 atom stereocenters. The van der Waals surface area contributed by atoms with Crippen molar-refractivity contribution in [3.05, 3.63) is 46.8 Å². The van der Waals surface area contributed by atoms with E-state index in [9.17, 15) is 4.79 Å². The lowest BCUT2D eigenvalue weighted by atomic mass is 10.1. The number of aryl methyl sites for hydroxylation is 2. The molecule has 0 saturated heterocycles. The van der Waals surface area contributed by atoms with Crippen LogP contribution in [0.3, 0.4) is 0 Å². The Labute approximate surface area is 136 Å². The van der Waals surface area contributed by atoms with Crippen molar-refractivity contribution in [1.82, 2.24) is 15.3 Å². The Hall–Kier alpha value is -2.63. The summed E-state index contributed by atoms with van der Waals surface area (Å²) in [5, 5.41) is 2.77. The number of hydrogen-bond donors (Lipinski definition) is 2. The first-order chi connectivity index (χ1) is 10.9. The average molecular weight is 314 g/mol. The van der Waals surface area contributed by atoms with E-state index in [1.165, 1.54) is 0 Å². The molecule has 0 aliphatic carbocycles. The smallest absolute Gasteiger partial charge is 0.255 e. The van der Waals surface area contributed by atoms with Gasteiger partial charge < -0.3 is 15.8 Å². The highest BCUT2D eigenvalue weighted by atomic mass is 16.5. The number of nitrogen functional groups attached to an aromatic ring is 1. The highest BCUT2D eigenvalue weighted by molar-refractivity contribution is 5.96. The minimum absolute atomic E-state index is 0.130. The molecule has 0 bridgehead atoms. The quantitative estimate of drug-likeness (QED) is 0.885. The number of rotatable bonds is 5. The van der Waals surface area contributed by atoms with Crippen LogP contribution in [0, 0.1) is 13.8 Å². The zero-order valence-electron chi connectivity index (χ0n) is 13.9. The zero-order chi connectivity index (χ0) is 17.0. The fraction of sp³-hybridized carbons (Fsp3) is 0.353. The molecule has 122 valence electrons. The van der Waals surface area contributed by atoms with E-state index in [1.807, 2.05) is 45.0 Å². The maximum Gasteiger partial charge on any atom is 0.255 e. The number of carbonyl (C=O) groups is 1. The van der Waals surface area contributed by atoms with Crippen molar-refractivity contribution >= 4 is 11.9 Å². The Morgan fingerprint density at radius 3 is 2.52 bits per heavy atom. The average Bonchev–Trinajstić information content (AvgIpc) is 2.48. The fourth-order valence-corrected chi connectivity index (χ4v) is 2.32. The highest BCUT2D eigenvalue weighted by Crippen LogP contribution is 2.25. The summed E-state index contributed by atoms with van der Waals surface area (Å²) in [6, 6.07) is 7.70. The second-order valence-corrected chi connectivity index (χ2v) is 5.36. The molecule has 6 heteroatoms. The van der Waals surface area contributed by atoms with Crippen LogP contribution in [-0.2, 0) is 0 Å². The molecular weight excluding hydrogens is 292 g/mol. The number of benzene rings is 1. The van der Waals surface area contributed by atoms with Gasteiger partial charge in [-0.3, -0.25) is 4.79 Å². The van der Waals surface area contributed by atoms with E-state index < -0.39 is 6.10 Å².